The number of nitrogens with one attached hydrogen (secondary N) is 1. The lowest BCUT2D eigenvalue weighted by atomic mass is 9.84. The van der Waals surface area contributed by atoms with Crippen LogP contribution >= 0.6 is 0 Å². The molecule has 0 spiro atoms. The topological polar surface area (TPSA) is 41.6 Å². The van der Waals surface area contributed by atoms with E-state index in [-0.39, 0.29) is 30.1 Å². The van der Waals surface area contributed by atoms with E-state index >= 15 is 0 Å². The maximum Gasteiger partial charge on any atom is 0.416 e. The number of hydrogen-bond acceptors (Lipinski definition) is 3. The second kappa shape index (κ2) is 10.6. The molecule has 202 valence electrons. The predicted molar refractivity (Wildman–Crippen MR) is 125 cm³/mol. The standard InChI is InChI=1S/C27H30F6N2O2/c1-18(20-13-22(26(28,29)30)15-23(14-20)27(31,32)33)37-17-25(21-7-3-2-4-8-21)9-5-6-19-12-24(36)34-10-11-35(25)16-19/h2-4,7-8,13-15,18-19H,5-6,9-12,16-17H2,1H3,(H,34,36)/t18-,19?,25-/m1/s1. The molecular weight excluding hydrogens is 498 g/mol. The van der Waals surface area contributed by atoms with Gasteiger partial charge in [-0.1, -0.05) is 36.8 Å². The van der Waals surface area contributed by atoms with Gasteiger partial charge in [-0.15, -0.1) is 0 Å². The molecule has 2 aliphatic rings. The second-order valence-corrected chi connectivity index (χ2v) is 9.95. The Balaban J connectivity index is 1.66. The minimum Gasteiger partial charge on any atom is -0.372 e. The van der Waals surface area contributed by atoms with Gasteiger partial charge in [0.2, 0.25) is 5.91 Å². The second-order valence-electron chi connectivity index (χ2n) is 9.95. The zero-order valence-corrected chi connectivity index (χ0v) is 20.5. The fourth-order valence-electron chi connectivity index (χ4n) is 5.45. The molecule has 0 radical (unpaired) electrons. The van der Waals surface area contributed by atoms with Gasteiger partial charge in [0.05, 0.1) is 29.4 Å². The van der Waals surface area contributed by atoms with Gasteiger partial charge in [0, 0.05) is 26.1 Å². The highest BCUT2D eigenvalue weighted by atomic mass is 19.4. The monoisotopic (exact) mass is 528 g/mol. The van der Waals surface area contributed by atoms with E-state index in [2.05, 4.69) is 10.2 Å². The minimum absolute atomic E-state index is 0.0201. The van der Waals surface area contributed by atoms with Gasteiger partial charge in [0.25, 0.3) is 0 Å². The van der Waals surface area contributed by atoms with Crippen molar-refractivity contribution in [2.45, 2.75) is 56.6 Å². The van der Waals surface area contributed by atoms with Crippen molar-refractivity contribution in [1.29, 1.82) is 0 Å². The van der Waals surface area contributed by atoms with E-state index in [0.29, 0.717) is 32.5 Å². The molecule has 2 aromatic carbocycles. The predicted octanol–water partition coefficient (Wildman–Crippen LogP) is 6.32. The Morgan fingerprint density at radius 1 is 1.05 bits per heavy atom. The summed E-state index contributed by atoms with van der Waals surface area (Å²) in [5.41, 5.74) is -2.57. The number of alkyl halides is 6. The number of rotatable bonds is 5. The summed E-state index contributed by atoms with van der Waals surface area (Å²) in [5, 5.41) is 2.93. The summed E-state index contributed by atoms with van der Waals surface area (Å²) in [6.45, 7) is 3.20. The molecule has 4 rings (SSSR count). The van der Waals surface area contributed by atoms with Crippen molar-refractivity contribution < 1.29 is 35.9 Å². The molecule has 2 saturated heterocycles. The van der Waals surface area contributed by atoms with E-state index in [0.717, 1.165) is 30.5 Å². The van der Waals surface area contributed by atoms with Crippen LogP contribution in [0.5, 0.6) is 0 Å². The highest BCUT2D eigenvalue weighted by molar-refractivity contribution is 5.76. The summed E-state index contributed by atoms with van der Waals surface area (Å²) in [5.74, 6) is 0.174. The maximum absolute atomic E-state index is 13.4. The van der Waals surface area contributed by atoms with Crippen molar-refractivity contribution in [3.05, 3.63) is 70.8 Å². The van der Waals surface area contributed by atoms with E-state index in [1.54, 1.807) is 0 Å². The number of amides is 1. The molecule has 2 heterocycles. The van der Waals surface area contributed by atoms with Gasteiger partial charge >= 0.3 is 12.4 Å². The van der Waals surface area contributed by atoms with Crippen molar-refractivity contribution >= 4 is 5.91 Å². The summed E-state index contributed by atoms with van der Waals surface area (Å²) in [4.78, 5) is 14.4. The van der Waals surface area contributed by atoms with Crippen LogP contribution in [-0.2, 0) is 27.4 Å². The first-order valence-corrected chi connectivity index (χ1v) is 12.4. The average molecular weight is 529 g/mol. The first kappa shape index (κ1) is 27.4. The van der Waals surface area contributed by atoms with E-state index in [1.807, 2.05) is 30.3 Å². The Kier molecular flexibility index (Phi) is 7.90. The van der Waals surface area contributed by atoms with Gasteiger partial charge < -0.3 is 10.1 Å². The lowest BCUT2D eigenvalue weighted by molar-refractivity contribution is -0.143. The van der Waals surface area contributed by atoms with Crippen LogP contribution in [0.1, 0.15) is 61.0 Å². The first-order chi connectivity index (χ1) is 17.4. The van der Waals surface area contributed by atoms with Crippen molar-refractivity contribution in [1.82, 2.24) is 10.2 Å². The number of carbonyl (C=O) groups is 1. The van der Waals surface area contributed by atoms with Crippen LogP contribution in [0.25, 0.3) is 0 Å². The van der Waals surface area contributed by atoms with E-state index < -0.39 is 35.1 Å². The lowest BCUT2D eigenvalue weighted by Crippen LogP contribution is -2.53. The third kappa shape index (κ3) is 6.29. The molecule has 4 atom stereocenters. The molecule has 0 aromatic heterocycles. The number of nitrogens with zero attached hydrogens (tertiary/aromatic N) is 1. The zero-order chi connectivity index (χ0) is 26.8. The Bertz CT molecular complexity index is 1060. The summed E-state index contributed by atoms with van der Waals surface area (Å²) in [6.07, 6.45) is -8.11. The smallest absolute Gasteiger partial charge is 0.372 e. The Hall–Kier alpha value is -2.59. The fraction of sp³-hybridized carbons (Fsp3) is 0.519. The number of benzene rings is 2. The van der Waals surface area contributed by atoms with Crippen LogP contribution in [0.2, 0.25) is 0 Å². The number of halogens is 6. The molecule has 2 fully saturated rings. The quantitative estimate of drug-likeness (QED) is 0.462. The summed E-state index contributed by atoms with van der Waals surface area (Å²) < 4.78 is 86.5. The van der Waals surface area contributed by atoms with Gasteiger partial charge in [0.15, 0.2) is 0 Å². The Labute approximate surface area is 212 Å². The van der Waals surface area contributed by atoms with Crippen LogP contribution in [-0.4, -0.2) is 37.0 Å². The van der Waals surface area contributed by atoms with Crippen molar-refractivity contribution in [3.63, 3.8) is 0 Å². The van der Waals surface area contributed by atoms with Gasteiger partial charge in [-0.2, -0.15) is 26.3 Å². The third-order valence-electron chi connectivity index (χ3n) is 7.43. The zero-order valence-electron chi connectivity index (χ0n) is 20.5. The summed E-state index contributed by atoms with van der Waals surface area (Å²) in [6, 6.07) is 11.2. The normalized spacial score (nSPS) is 26.0. The molecule has 2 bridgehead atoms. The summed E-state index contributed by atoms with van der Waals surface area (Å²) in [7, 11) is 0. The molecule has 2 aliphatic heterocycles. The number of hydrogen-bond donors (Lipinski definition) is 1. The molecule has 0 saturated carbocycles. The minimum atomic E-state index is -4.92. The van der Waals surface area contributed by atoms with Crippen LogP contribution in [0.4, 0.5) is 26.3 Å². The average Bonchev–Trinajstić information content (AvgIpc) is 3.01. The molecule has 0 aliphatic carbocycles. The van der Waals surface area contributed by atoms with Crippen molar-refractivity contribution in [3.8, 4) is 0 Å². The first-order valence-electron chi connectivity index (χ1n) is 12.4. The van der Waals surface area contributed by atoms with Crippen LogP contribution in [0.3, 0.4) is 0 Å². The molecule has 1 N–H and O–H groups in total. The van der Waals surface area contributed by atoms with E-state index in [1.165, 1.54) is 6.92 Å². The molecular formula is C27H30F6N2O2. The van der Waals surface area contributed by atoms with Gasteiger partial charge in [-0.3, -0.25) is 9.69 Å². The molecule has 37 heavy (non-hydrogen) atoms. The molecule has 1 amide bonds. The Morgan fingerprint density at radius 2 is 1.70 bits per heavy atom. The third-order valence-corrected chi connectivity index (χ3v) is 7.43. The van der Waals surface area contributed by atoms with Crippen LogP contribution < -0.4 is 5.32 Å². The van der Waals surface area contributed by atoms with Crippen LogP contribution in [0, 0.1) is 5.92 Å². The highest BCUT2D eigenvalue weighted by Crippen LogP contribution is 2.42. The van der Waals surface area contributed by atoms with Crippen LogP contribution in [0.15, 0.2) is 48.5 Å². The van der Waals surface area contributed by atoms with Gasteiger partial charge in [0.1, 0.15) is 0 Å². The van der Waals surface area contributed by atoms with Gasteiger partial charge in [-0.05, 0) is 55.0 Å². The maximum atomic E-state index is 13.4. The largest absolute Gasteiger partial charge is 0.416 e. The lowest BCUT2D eigenvalue weighted by Gasteiger charge is -2.45. The molecule has 10 heteroatoms. The van der Waals surface area contributed by atoms with Crippen molar-refractivity contribution in [2.24, 2.45) is 5.92 Å². The molecule has 2 aromatic rings. The van der Waals surface area contributed by atoms with E-state index in [4.69, 9.17) is 4.74 Å². The fourth-order valence-corrected chi connectivity index (χ4v) is 5.45. The highest BCUT2D eigenvalue weighted by Gasteiger charge is 2.43. The number of ether oxygens (including phenoxy) is 1. The number of fused-ring (bicyclic) bond motifs is 2. The van der Waals surface area contributed by atoms with Gasteiger partial charge in [-0.25, -0.2) is 0 Å². The molecule has 4 nitrogen and oxygen atoms in total. The van der Waals surface area contributed by atoms with Crippen molar-refractivity contribution in [2.75, 3.05) is 26.2 Å². The SMILES string of the molecule is C[C@@H](OC[C@@]1(c2ccccc2)CCCC2CC(=O)NCCN1C2)c1cc(C(F)(F)F)cc(C(F)(F)F)c1. The Morgan fingerprint density at radius 3 is 2.32 bits per heavy atom. The molecule has 2 unspecified atom stereocenters. The number of carbonyl (C=O) groups excluding carboxylic acids is 1. The van der Waals surface area contributed by atoms with E-state index in [9.17, 15) is 31.1 Å². The summed E-state index contributed by atoms with van der Waals surface area (Å²) >= 11 is 0.